The Hall–Kier alpha value is -3.35. The van der Waals surface area contributed by atoms with E-state index in [1.807, 2.05) is 230 Å². The molecule has 0 aliphatic heterocycles. The quantitative estimate of drug-likeness (QED) is 0.0627. The number of carboxylic acid groups (broad SMARTS) is 1. The van der Waals surface area contributed by atoms with Crippen LogP contribution >= 0.6 is 0 Å². The predicted octanol–water partition coefficient (Wildman–Crippen LogP) is 19.4. The van der Waals surface area contributed by atoms with E-state index in [2.05, 4.69) is 44.7 Å². The monoisotopic (exact) mass is 1250 g/mol. The molecule has 0 spiro atoms. The second kappa shape index (κ2) is 72.7. The van der Waals surface area contributed by atoms with Crippen LogP contribution < -0.4 is 14.2 Å². The van der Waals surface area contributed by atoms with E-state index >= 15 is 0 Å². The van der Waals surface area contributed by atoms with Gasteiger partial charge < -0.3 is 46.4 Å². The van der Waals surface area contributed by atoms with E-state index < -0.39 is 5.97 Å². The maximum atomic E-state index is 10.7. The van der Waals surface area contributed by atoms with Crippen LogP contribution in [0.2, 0.25) is 0 Å². The number of ether oxygens (including phenoxy) is 3. The van der Waals surface area contributed by atoms with E-state index in [1.54, 1.807) is 12.1 Å². The summed E-state index contributed by atoms with van der Waals surface area (Å²) >= 11 is 0. The third kappa shape index (κ3) is 51.2. The number of hydrogen-bond acceptors (Lipinski definition) is 5. The molecule has 6 aromatic rings. The molecule has 0 heterocycles. The number of carboxylic acids is 1. The van der Waals surface area contributed by atoms with E-state index in [0.29, 0.717) is 37.6 Å². The van der Waals surface area contributed by atoms with Gasteiger partial charge in [0.15, 0.2) is 0 Å². The molecule has 0 aromatic heterocycles. The molecule has 1 N–H and O–H groups in total. The third-order valence-corrected chi connectivity index (χ3v) is 8.22. The Morgan fingerprint density at radius 2 is 0.680 bits per heavy atom. The molecule has 0 bridgehead atoms. The molecule has 6 aromatic carbocycles. The van der Waals surface area contributed by atoms with Crippen molar-refractivity contribution in [3.8, 4) is 17.2 Å². The molecule has 0 aliphatic rings. The Morgan fingerprint density at radius 1 is 0.440 bits per heavy atom. The summed E-state index contributed by atoms with van der Waals surface area (Å²) in [6.07, 6.45) is 6.08. The number of rotatable bonds is 15. The largest absolute Gasteiger partial charge is 0.489 e. The Kier molecular flexibility index (Phi) is 91.2. The molecule has 411 valence electrons. The van der Waals surface area contributed by atoms with Crippen LogP contribution in [0.4, 0.5) is 0 Å². The molecule has 0 unspecified atom stereocenters. The molecular weight excluding hydrogens is 1160 g/mol. The van der Waals surface area contributed by atoms with Crippen molar-refractivity contribution in [3.63, 3.8) is 0 Å². The van der Waals surface area contributed by atoms with Crippen molar-refractivity contribution in [2.45, 2.75) is 143 Å². The zero-order valence-corrected chi connectivity index (χ0v) is 58.5. The molecule has 0 atom stereocenters. The second-order valence-corrected chi connectivity index (χ2v) is 12.9. The number of carbonyl (C=O) groups excluding carboxylic acids is 1. The Morgan fingerprint density at radius 3 is 0.933 bits per heavy atom. The van der Waals surface area contributed by atoms with Gasteiger partial charge in [-0.15, -0.1) is 6.58 Å². The van der Waals surface area contributed by atoms with Crippen molar-refractivity contribution in [3.05, 3.63) is 244 Å². The van der Waals surface area contributed by atoms with Crippen molar-refractivity contribution in [1.29, 1.82) is 0 Å². The normalized spacial score (nSPS) is 7.83. The Balaban J connectivity index is -0.0000000888. The zero-order chi connectivity index (χ0) is 52.9. The number of benzene rings is 6. The minimum atomic E-state index is -0.856. The first-order chi connectivity index (χ1) is 33.8. The van der Waals surface area contributed by atoms with Crippen LogP contribution in [0, 0.1) is 22.3 Å². The molecule has 6 nitrogen and oxygen atoms in total. The summed E-state index contributed by atoms with van der Waals surface area (Å²) in [5.41, 5.74) is 7.54. The summed E-state index contributed by atoms with van der Waals surface area (Å²) in [7, 11) is 0. The fourth-order valence-corrected chi connectivity index (χ4v) is 5.03. The van der Waals surface area contributed by atoms with E-state index in [0.717, 1.165) is 40.9 Å². The Bertz CT molecular complexity index is 1980. The van der Waals surface area contributed by atoms with Gasteiger partial charge in [-0.05, 0) is 67.6 Å². The van der Waals surface area contributed by atoms with Crippen LogP contribution in [-0.2, 0) is 147 Å². The summed E-state index contributed by atoms with van der Waals surface area (Å²) in [5.74, 6) is 1.49. The van der Waals surface area contributed by atoms with Crippen LogP contribution in [0.15, 0.2) is 188 Å². The summed E-state index contributed by atoms with van der Waals surface area (Å²) < 4.78 is 17.2. The maximum Gasteiger partial charge on any atom is 0.307 e. The minimum absolute atomic E-state index is 0. The average Bonchev–Trinajstić information content (AvgIpc) is 3.43. The number of aldehydes is 1. The van der Waals surface area contributed by atoms with Crippen LogP contribution in [0.1, 0.15) is 137 Å². The second-order valence-electron chi connectivity index (χ2n) is 12.9. The molecule has 0 saturated heterocycles. The fourth-order valence-electron chi connectivity index (χ4n) is 5.03. The summed E-state index contributed by atoms with van der Waals surface area (Å²) in [5, 5.41) is 8.82. The molecule has 0 amide bonds. The molecule has 6 rings (SSSR count). The van der Waals surface area contributed by atoms with Crippen molar-refractivity contribution in [2.24, 2.45) is 0 Å². The number of aliphatic carboxylic acids is 1. The minimum Gasteiger partial charge on any atom is -0.489 e. The number of allylic oxidation sites excluding steroid dienone is 3. The first kappa shape index (κ1) is 94.1. The molecule has 0 fully saturated rings. The van der Waals surface area contributed by atoms with Gasteiger partial charge >= 0.3 is 5.97 Å². The number of hydrogen-bond donors (Lipinski definition) is 1. The zero-order valence-electron chi connectivity index (χ0n) is 50.0. The molecule has 9 heteroatoms. The topological polar surface area (TPSA) is 82.1 Å². The number of para-hydroxylation sites is 3. The van der Waals surface area contributed by atoms with Gasteiger partial charge in [-0.3, -0.25) is 4.79 Å². The van der Waals surface area contributed by atoms with E-state index in [4.69, 9.17) is 19.3 Å². The van der Waals surface area contributed by atoms with Gasteiger partial charge in [-0.25, -0.2) is 0 Å². The van der Waals surface area contributed by atoms with Gasteiger partial charge in [0, 0.05) is 116 Å². The van der Waals surface area contributed by atoms with E-state index in [1.165, 1.54) is 16.7 Å². The van der Waals surface area contributed by atoms with E-state index in [9.17, 15) is 9.59 Å². The van der Waals surface area contributed by atoms with Gasteiger partial charge in [0.1, 0.15) is 43.4 Å². The van der Waals surface area contributed by atoms with Gasteiger partial charge in [-0.1, -0.05) is 246 Å². The van der Waals surface area contributed by atoms with Crippen LogP contribution in [0.25, 0.3) is 0 Å². The molecular formula is C66H99O6Y3-3. The summed E-state index contributed by atoms with van der Waals surface area (Å²) in [6, 6.07) is 52.9. The van der Waals surface area contributed by atoms with Crippen molar-refractivity contribution < 1.29 is 127 Å². The van der Waals surface area contributed by atoms with Gasteiger partial charge in [0.2, 0.25) is 0 Å². The average molecular weight is 1260 g/mol. The molecule has 75 heavy (non-hydrogen) atoms. The predicted molar refractivity (Wildman–Crippen MR) is 319 cm³/mol. The van der Waals surface area contributed by atoms with Crippen LogP contribution in [0.5, 0.6) is 17.2 Å². The van der Waals surface area contributed by atoms with Crippen molar-refractivity contribution in [1.82, 2.24) is 0 Å². The smallest absolute Gasteiger partial charge is 0.307 e. The number of carbonyl (C=O) groups is 2. The first-order valence-electron chi connectivity index (χ1n) is 24.9. The standard InChI is InChI=1S/C16H16O.C15H14O3.C15H14O2.C5H10.6C2H6.3CH3.3Y/c1-2-8-15-11-6-7-12-16(15)17-13-14-9-4-3-5-10-14;16-15(17)10-13-8-4-5-9-14(13)18-11-12-6-2-1-3-7-12;16-11-10-14-8-4-5-9-15(14)17-12-13-6-2-1-3-7-13;1-4-5(2)3;6*1-2;;;;;;/h2-7,9-12H,1,8,13H2;1-9H,10-11H2,(H,16,17);1-9,11H,10,12H2;4H,1-3H3;6*1-2H3;3*1H3;;;/q;;;;;;;;;;3*-1;;;. The summed E-state index contributed by atoms with van der Waals surface area (Å²) in [4.78, 5) is 21.3. The molecule has 0 saturated carbocycles. The van der Waals surface area contributed by atoms with Crippen molar-refractivity contribution >= 4 is 12.3 Å². The van der Waals surface area contributed by atoms with Gasteiger partial charge in [0.05, 0.1) is 6.42 Å². The molecule has 0 aliphatic carbocycles. The Labute approximate surface area is 537 Å². The van der Waals surface area contributed by atoms with Crippen molar-refractivity contribution in [2.75, 3.05) is 0 Å². The van der Waals surface area contributed by atoms with Crippen LogP contribution in [-0.4, -0.2) is 17.4 Å². The SMILES string of the molecule is C=CCc1ccccc1OCc1ccccc1.CC.CC.CC.CC.CC.CC.CC=C(C)C.O=C(O)Cc1ccccc1OCc1ccccc1.O=CCc1ccccc1OCc1ccccc1.[CH3-].[CH3-].[CH3-].[Y].[Y].[Y]. The fraction of sp³-hybridized carbons (Fsp3) is 0.318. The summed E-state index contributed by atoms with van der Waals surface area (Å²) in [6.45, 7) is 35.5. The van der Waals surface area contributed by atoms with Gasteiger partial charge in [-0.2, -0.15) is 0 Å². The van der Waals surface area contributed by atoms with Gasteiger partial charge in [0.25, 0.3) is 0 Å². The first-order valence-corrected chi connectivity index (χ1v) is 24.9. The molecule has 3 radical (unpaired) electrons. The third-order valence-electron chi connectivity index (χ3n) is 8.22. The van der Waals surface area contributed by atoms with E-state index in [-0.39, 0.29) is 127 Å². The van der Waals surface area contributed by atoms with Crippen LogP contribution in [0.3, 0.4) is 0 Å². The maximum absolute atomic E-state index is 10.7.